The van der Waals surface area contributed by atoms with Crippen LogP contribution in [0.3, 0.4) is 0 Å². The number of rotatable bonds is 4. The lowest BCUT2D eigenvalue weighted by atomic mass is 10.1. The van der Waals surface area contributed by atoms with E-state index in [2.05, 4.69) is 15.1 Å². The van der Waals surface area contributed by atoms with Crippen LogP contribution in [-0.4, -0.2) is 36.6 Å². The SMILES string of the molecule is Cn1nc(-c2ccc3ncccc3c2)nc1SCC(=O)O. The molecule has 7 heteroatoms. The average molecular weight is 300 g/mol. The Balaban J connectivity index is 1.95. The minimum atomic E-state index is -0.874. The number of aliphatic carboxylic acids is 1. The number of carboxylic acid groups (broad SMARTS) is 1. The predicted octanol–water partition coefficient (Wildman–Crippen LogP) is 2.21. The zero-order valence-electron chi connectivity index (χ0n) is 11.2. The highest BCUT2D eigenvalue weighted by molar-refractivity contribution is 7.99. The van der Waals surface area contributed by atoms with Gasteiger partial charge in [-0.25, -0.2) is 9.67 Å². The van der Waals surface area contributed by atoms with Crippen molar-refractivity contribution in [2.75, 3.05) is 5.75 Å². The minimum absolute atomic E-state index is 0.0341. The first-order valence-electron chi connectivity index (χ1n) is 6.24. The number of fused-ring (bicyclic) bond motifs is 1. The quantitative estimate of drug-likeness (QED) is 0.744. The summed E-state index contributed by atoms with van der Waals surface area (Å²) in [6.07, 6.45) is 1.75. The number of aromatic nitrogens is 4. The van der Waals surface area contributed by atoms with Gasteiger partial charge < -0.3 is 5.11 Å². The Bertz CT molecular complexity index is 816. The van der Waals surface area contributed by atoms with Crippen molar-refractivity contribution in [1.82, 2.24) is 19.7 Å². The van der Waals surface area contributed by atoms with Crippen LogP contribution in [0.2, 0.25) is 0 Å². The number of pyridine rings is 1. The Kier molecular flexibility index (Phi) is 3.57. The normalized spacial score (nSPS) is 10.9. The summed E-state index contributed by atoms with van der Waals surface area (Å²) in [5.41, 5.74) is 1.80. The van der Waals surface area contributed by atoms with Gasteiger partial charge in [0.1, 0.15) is 0 Å². The van der Waals surface area contributed by atoms with Gasteiger partial charge in [-0.15, -0.1) is 0 Å². The van der Waals surface area contributed by atoms with Crippen molar-refractivity contribution >= 4 is 28.6 Å². The topological polar surface area (TPSA) is 80.9 Å². The van der Waals surface area contributed by atoms with Gasteiger partial charge in [-0.05, 0) is 24.3 Å². The Hall–Kier alpha value is -2.41. The summed E-state index contributed by atoms with van der Waals surface area (Å²) in [6.45, 7) is 0. The van der Waals surface area contributed by atoms with Crippen LogP contribution in [0.1, 0.15) is 0 Å². The molecule has 0 saturated carbocycles. The molecule has 0 radical (unpaired) electrons. The monoisotopic (exact) mass is 300 g/mol. The Morgan fingerprint density at radius 1 is 1.38 bits per heavy atom. The van der Waals surface area contributed by atoms with E-state index in [1.54, 1.807) is 17.9 Å². The maximum Gasteiger partial charge on any atom is 0.313 e. The summed E-state index contributed by atoms with van der Waals surface area (Å²) in [7, 11) is 1.75. The summed E-state index contributed by atoms with van der Waals surface area (Å²) in [5.74, 6) is -0.328. The number of carboxylic acids is 1. The molecule has 0 fully saturated rings. The molecule has 21 heavy (non-hydrogen) atoms. The number of carbonyl (C=O) groups is 1. The van der Waals surface area contributed by atoms with Crippen LogP contribution in [0.5, 0.6) is 0 Å². The maximum absolute atomic E-state index is 10.6. The van der Waals surface area contributed by atoms with Crippen LogP contribution in [0.25, 0.3) is 22.3 Å². The van der Waals surface area contributed by atoms with Crippen LogP contribution < -0.4 is 0 Å². The molecular weight excluding hydrogens is 288 g/mol. The van der Waals surface area contributed by atoms with Gasteiger partial charge in [-0.2, -0.15) is 5.10 Å². The van der Waals surface area contributed by atoms with E-state index in [1.807, 2.05) is 30.3 Å². The van der Waals surface area contributed by atoms with Crippen molar-refractivity contribution in [2.24, 2.45) is 7.05 Å². The molecule has 0 spiro atoms. The fourth-order valence-corrected chi connectivity index (χ4v) is 2.59. The van der Waals surface area contributed by atoms with Gasteiger partial charge in [0, 0.05) is 24.2 Å². The van der Waals surface area contributed by atoms with E-state index in [9.17, 15) is 4.79 Å². The molecule has 2 heterocycles. The van der Waals surface area contributed by atoms with Crippen LogP contribution in [0, 0.1) is 0 Å². The van der Waals surface area contributed by atoms with Gasteiger partial charge in [0.05, 0.1) is 11.3 Å². The van der Waals surface area contributed by atoms with E-state index in [0.29, 0.717) is 11.0 Å². The third-order valence-electron chi connectivity index (χ3n) is 2.91. The molecule has 1 N–H and O–H groups in total. The lowest BCUT2D eigenvalue weighted by molar-refractivity contribution is -0.133. The van der Waals surface area contributed by atoms with Crippen molar-refractivity contribution in [3.63, 3.8) is 0 Å². The second-order valence-electron chi connectivity index (χ2n) is 4.43. The van der Waals surface area contributed by atoms with Crippen molar-refractivity contribution in [3.05, 3.63) is 36.5 Å². The zero-order chi connectivity index (χ0) is 14.8. The first kappa shape index (κ1) is 13.6. The highest BCUT2D eigenvalue weighted by Crippen LogP contribution is 2.23. The third-order valence-corrected chi connectivity index (χ3v) is 3.91. The van der Waals surface area contributed by atoms with Gasteiger partial charge in [0.25, 0.3) is 0 Å². The first-order valence-corrected chi connectivity index (χ1v) is 7.23. The van der Waals surface area contributed by atoms with E-state index < -0.39 is 5.97 Å². The number of thioether (sulfide) groups is 1. The summed E-state index contributed by atoms with van der Waals surface area (Å²) in [6, 6.07) is 9.67. The summed E-state index contributed by atoms with van der Waals surface area (Å²) < 4.78 is 1.59. The third kappa shape index (κ3) is 2.87. The lowest BCUT2D eigenvalue weighted by Gasteiger charge is -1.98. The molecular formula is C14H12N4O2S. The number of nitrogens with zero attached hydrogens (tertiary/aromatic N) is 4. The lowest BCUT2D eigenvalue weighted by Crippen LogP contribution is -2.00. The molecule has 0 unspecified atom stereocenters. The molecule has 0 aliphatic rings. The van der Waals surface area contributed by atoms with E-state index in [-0.39, 0.29) is 5.75 Å². The maximum atomic E-state index is 10.6. The van der Waals surface area contributed by atoms with Crippen molar-refractivity contribution < 1.29 is 9.90 Å². The molecule has 3 rings (SSSR count). The fourth-order valence-electron chi connectivity index (χ4n) is 1.96. The highest BCUT2D eigenvalue weighted by atomic mass is 32.2. The second kappa shape index (κ2) is 5.53. The van der Waals surface area contributed by atoms with Gasteiger partial charge in [-0.3, -0.25) is 9.78 Å². The largest absolute Gasteiger partial charge is 0.481 e. The van der Waals surface area contributed by atoms with Crippen LogP contribution in [-0.2, 0) is 11.8 Å². The Morgan fingerprint density at radius 3 is 3.05 bits per heavy atom. The molecule has 106 valence electrons. The average Bonchev–Trinajstić information content (AvgIpc) is 2.86. The minimum Gasteiger partial charge on any atom is -0.481 e. The molecule has 0 saturated heterocycles. The number of aryl methyl sites for hydroxylation is 1. The van der Waals surface area contributed by atoms with Gasteiger partial charge in [-0.1, -0.05) is 17.8 Å². The smallest absolute Gasteiger partial charge is 0.313 e. The molecule has 2 aromatic heterocycles. The summed E-state index contributed by atoms with van der Waals surface area (Å²) in [5, 5.41) is 14.7. The summed E-state index contributed by atoms with van der Waals surface area (Å²) >= 11 is 1.15. The predicted molar refractivity (Wildman–Crippen MR) is 80.1 cm³/mol. The molecule has 6 nitrogen and oxygen atoms in total. The fraction of sp³-hybridized carbons (Fsp3) is 0.143. The second-order valence-corrected chi connectivity index (χ2v) is 5.38. The Morgan fingerprint density at radius 2 is 2.24 bits per heavy atom. The zero-order valence-corrected chi connectivity index (χ0v) is 12.0. The molecule has 1 aromatic carbocycles. The summed E-state index contributed by atoms with van der Waals surface area (Å²) in [4.78, 5) is 19.3. The molecule has 3 aromatic rings. The van der Waals surface area contributed by atoms with E-state index in [0.717, 1.165) is 28.2 Å². The molecule has 0 bridgehead atoms. The highest BCUT2D eigenvalue weighted by Gasteiger charge is 2.11. The van der Waals surface area contributed by atoms with Crippen molar-refractivity contribution in [2.45, 2.75) is 5.16 Å². The number of hydrogen-bond donors (Lipinski definition) is 1. The Labute approximate surface area is 124 Å². The van der Waals surface area contributed by atoms with Gasteiger partial charge in [0.15, 0.2) is 11.0 Å². The molecule has 0 aliphatic heterocycles. The van der Waals surface area contributed by atoms with E-state index in [1.165, 1.54) is 0 Å². The van der Waals surface area contributed by atoms with Crippen LogP contribution in [0.4, 0.5) is 0 Å². The van der Waals surface area contributed by atoms with Crippen molar-refractivity contribution in [3.8, 4) is 11.4 Å². The van der Waals surface area contributed by atoms with E-state index >= 15 is 0 Å². The van der Waals surface area contributed by atoms with Crippen LogP contribution >= 0.6 is 11.8 Å². The molecule has 0 amide bonds. The van der Waals surface area contributed by atoms with Gasteiger partial charge in [0.2, 0.25) is 0 Å². The van der Waals surface area contributed by atoms with E-state index in [4.69, 9.17) is 5.11 Å². The molecule has 0 aliphatic carbocycles. The number of benzene rings is 1. The van der Waals surface area contributed by atoms with Crippen molar-refractivity contribution in [1.29, 1.82) is 0 Å². The van der Waals surface area contributed by atoms with Gasteiger partial charge >= 0.3 is 5.97 Å². The first-order chi connectivity index (χ1) is 10.1. The molecule has 0 atom stereocenters. The standard InChI is InChI=1S/C14H12N4O2S/c1-18-14(21-8-12(19)20)16-13(17-18)10-4-5-11-9(7-10)3-2-6-15-11/h2-7H,8H2,1H3,(H,19,20). The van der Waals surface area contributed by atoms with Crippen LogP contribution in [0.15, 0.2) is 41.7 Å². The number of hydrogen-bond acceptors (Lipinski definition) is 5.